The van der Waals surface area contributed by atoms with E-state index in [1.165, 1.54) is 96.3 Å². The Labute approximate surface area is 150 Å². The summed E-state index contributed by atoms with van der Waals surface area (Å²) in [6.07, 6.45) is 23.6. The van der Waals surface area contributed by atoms with Crippen molar-refractivity contribution < 1.29 is 9.90 Å². The van der Waals surface area contributed by atoms with Gasteiger partial charge in [0.05, 0.1) is 0 Å². The summed E-state index contributed by atoms with van der Waals surface area (Å²) in [4.78, 5) is 10.4. The molecule has 0 bridgehead atoms. The van der Waals surface area contributed by atoms with E-state index in [0.717, 1.165) is 24.7 Å². The highest BCUT2D eigenvalue weighted by Crippen LogP contribution is 2.38. The molecular weight excluding hydrogens is 296 g/mol. The van der Waals surface area contributed by atoms with Crippen molar-refractivity contribution in [1.29, 1.82) is 0 Å². The number of aliphatic carboxylic acids is 1. The molecule has 142 valence electrons. The molecule has 1 rings (SSSR count). The number of carboxylic acids is 1. The highest BCUT2D eigenvalue weighted by Gasteiger charge is 2.25. The van der Waals surface area contributed by atoms with Crippen molar-refractivity contribution in [2.45, 2.75) is 122 Å². The summed E-state index contributed by atoms with van der Waals surface area (Å²) in [6.45, 7) is 2.32. The van der Waals surface area contributed by atoms with Crippen LogP contribution in [0.1, 0.15) is 122 Å². The van der Waals surface area contributed by atoms with Gasteiger partial charge in [-0.05, 0) is 18.3 Å². The van der Waals surface area contributed by atoms with Crippen LogP contribution in [0.2, 0.25) is 0 Å². The first-order chi connectivity index (χ1) is 11.7. The van der Waals surface area contributed by atoms with Crippen LogP contribution in [0.3, 0.4) is 0 Å². The van der Waals surface area contributed by atoms with Gasteiger partial charge in [-0.25, -0.2) is 0 Å². The Morgan fingerprint density at radius 1 is 0.750 bits per heavy atom. The summed E-state index contributed by atoms with van der Waals surface area (Å²) in [6, 6.07) is 0. The van der Waals surface area contributed by atoms with Crippen LogP contribution in [-0.2, 0) is 4.79 Å². The third kappa shape index (κ3) is 11.1. The Morgan fingerprint density at radius 2 is 1.21 bits per heavy atom. The summed E-state index contributed by atoms with van der Waals surface area (Å²) in [5.74, 6) is 1.47. The summed E-state index contributed by atoms with van der Waals surface area (Å²) in [5.41, 5.74) is 0. The van der Waals surface area contributed by atoms with Crippen molar-refractivity contribution in [2.24, 2.45) is 11.8 Å². The minimum absolute atomic E-state index is 0.348. The smallest absolute Gasteiger partial charge is 0.303 e. The summed E-state index contributed by atoms with van der Waals surface area (Å²) in [7, 11) is 0. The number of carboxylic acid groups (broad SMARTS) is 1. The maximum Gasteiger partial charge on any atom is 0.303 e. The van der Waals surface area contributed by atoms with Crippen LogP contribution in [0.4, 0.5) is 0 Å². The van der Waals surface area contributed by atoms with Crippen LogP contribution < -0.4 is 0 Å². The third-order valence-corrected chi connectivity index (χ3v) is 5.96. The lowest BCUT2D eigenvalue weighted by molar-refractivity contribution is -0.137. The van der Waals surface area contributed by atoms with Gasteiger partial charge in [0, 0.05) is 6.42 Å². The fourth-order valence-electron chi connectivity index (χ4n) is 4.44. The molecule has 0 aliphatic heterocycles. The van der Waals surface area contributed by atoms with Gasteiger partial charge in [0.15, 0.2) is 0 Å². The van der Waals surface area contributed by atoms with E-state index in [-0.39, 0.29) is 0 Å². The van der Waals surface area contributed by atoms with E-state index in [9.17, 15) is 4.79 Å². The maximum atomic E-state index is 10.4. The van der Waals surface area contributed by atoms with Crippen LogP contribution in [0.25, 0.3) is 0 Å². The molecule has 0 radical (unpaired) electrons. The Balaban J connectivity index is 1.82. The summed E-state index contributed by atoms with van der Waals surface area (Å²) < 4.78 is 0. The van der Waals surface area contributed by atoms with Crippen molar-refractivity contribution in [3.63, 3.8) is 0 Å². The number of unbranched alkanes of at least 4 members (excludes halogenated alkanes) is 10. The quantitative estimate of drug-likeness (QED) is 0.298. The number of carbonyl (C=O) groups is 1. The zero-order valence-corrected chi connectivity index (χ0v) is 16.2. The number of rotatable bonds is 16. The average Bonchev–Trinajstić information content (AvgIpc) is 3.01. The second-order valence-electron chi connectivity index (χ2n) is 8.06. The van der Waals surface area contributed by atoms with Gasteiger partial charge in [-0.15, -0.1) is 0 Å². The molecule has 1 N–H and O–H groups in total. The van der Waals surface area contributed by atoms with Crippen LogP contribution in [0.5, 0.6) is 0 Å². The predicted octanol–water partition coefficient (Wildman–Crippen LogP) is 7.36. The first-order valence-electron chi connectivity index (χ1n) is 11.0. The SMILES string of the molecule is CCCCC1CCCC1CCCCCCCCCCCCC(=O)O. The molecule has 2 nitrogen and oxygen atoms in total. The molecule has 0 spiro atoms. The molecule has 1 fully saturated rings. The molecular formula is C22H42O2. The predicted molar refractivity (Wildman–Crippen MR) is 103 cm³/mol. The van der Waals surface area contributed by atoms with Gasteiger partial charge in [0.25, 0.3) is 0 Å². The van der Waals surface area contributed by atoms with E-state index in [1.807, 2.05) is 0 Å². The van der Waals surface area contributed by atoms with Crippen LogP contribution in [-0.4, -0.2) is 11.1 Å². The maximum absolute atomic E-state index is 10.4. The molecule has 2 atom stereocenters. The monoisotopic (exact) mass is 338 g/mol. The van der Waals surface area contributed by atoms with Gasteiger partial charge in [-0.3, -0.25) is 4.79 Å². The molecule has 0 saturated heterocycles. The van der Waals surface area contributed by atoms with Crippen molar-refractivity contribution in [1.82, 2.24) is 0 Å². The second kappa shape index (κ2) is 14.8. The topological polar surface area (TPSA) is 37.3 Å². The van der Waals surface area contributed by atoms with E-state index in [4.69, 9.17) is 5.11 Å². The molecule has 0 aromatic heterocycles. The minimum Gasteiger partial charge on any atom is -0.481 e. The van der Waals surface area contributed by atoms with Gasteiger partial charge in [0.2, 0.25) is 0 Å². The molecule has 0 amide bonds. The zero-order valence-electron chi connectivity index (χ0n) is 16.2. The normalized spacial score (nSPS) is 20.5. The lowest BCUT2D eigenvalue weighted by atomic mass is 9.87. The highest BCUT2D eigenvalue weighted by atomic mass is 16.4. The third-order valence-electron chi connectivity index (χ3n) is 5.96. The van der Waals surface area contributed by atoms with E-state index in [1.54, 1.807) is 0 Å². The largest absolute Gasteiger partial charge is 0.481 e. The van der Waals surface area contributed by atoms with E-state index < -0.39 is 5.97 Å². The Hall–Kier alpha value is -0.530. The number of hydrogen-bond acceptors (Lipinski definition) is 1. The van der Waals surface area contributed by atoms with Gasteiger partial charge in [0.1, 0.15) is 0 Å². The zero-order chi connectivity index (χ0) is 17.5. The van der Waals surface area contributed by atoms with Gasteiger partial charge in [-0.1, -0.05) is 110 Å². The minimum atomic E-state index is -0.649. The lowest BCUT2D eigenvalue weighted by Crippen LogP contribution is -2.07. The van der Waals surface area contributed by atoms with Crippen LogP contribution in [0.15, 0.2) is 0 Å². The average molecular weight is 339 g/mol. The molecule has 0 heterocycles. The second-order valence-corrected chi connectivity index (χ2v) is 8.06. The fraction of sp³-hybridized carbons (Fsp3) is 0.955. The van der Waals surface area contributed by atoms with E-state index in [2.05, 4.69) is 6.92 Å². The summed E-state index contributed by atoms with van der Waals surface area (Å²) in [5, 5.41) is 8.58. The molecule has 1 aliphatic rings. The lowest BCUT2D eigenvalue weighted by Gasteiger charge is -2.19. The molecule has 1 saturated carbocycles. The molecule has 2 heteroatoms. The summed E-state index contributed by atoms with van der Waals surface area (Å²) >= 11 is 0. The first-order valence-corrected chi connectivity index (χ1v) is 11.0. The Kier molecular flexibility index (Phi) is 13.3. The van der Waals surface area contributed by atoms with Crippen molar-refractivity contribution >= 4 is 5.97 Å². The molecule has 0 aromatic rings. The fourth-order valence-corrected chi connectivity index (χ4v) is 4.44. The van der Waals surface area contributed by atoms with Crippen LogP contribution in [0, 0.1) is 11.8 Å². The molecule has 0 aromatic carbocycles. The Bertz CT molecular complexity index is 300. The Morgan fingerprint density at radius 3 is 1.71 bits per heavy atom. The van der Waals surface area contributed by atoms with Crippen LogP contribution >= 0.6 is 0 Å². The molecule has 1 aliphatic carbocycles. The van der Waals surface area contributed by atoms with Gasteiger partial charge >= 0.3 is 5.97 Å². The first kappa shape index (κ1) is 21.5. The highest BCUT2D eigenvalue weighted by molar-refractivity contribution is 5.66. The standard InChI is InChI=1S/C22H42O2/c1-2-3-15-20-17-14-18-21(20)16-12-10-8-6-4-5-7-9-11-13-19-22(23)24/h20-21H,2-19H2,1H3,(H,23,24). The van der Waals surface area contributed by atoms with Crippen molar-refractivity contribution in [3.8, 4) is 0 Å². The molecule has 2 unspecified atom stereocenters. The van der Waals surface area contributed by atoms with E-state index in [0.29, 0.717) is 6.42 Å². The van der Waals surface area contributed by atoms with Crippen molar-refractivity contribution in [2.75, 3.05) is 0 Å². The van der Waals surface area contributed by atoms with E-state index >= 15 is 0 Å². The number of hydrogen-bond donors (Lipinski definition) is 1. The van der Waals surface area contributed by atoms with Gasteiger partial charge in [-0.2, -0.15) is 0 Å². The molecule has 24 heavy (non-hydrogen) atoms. The van der Waals surface area contributed by atoms with Crippen molar-refractivity contribution in [3.05, 3.63) is 0 Å². The van der Waals surface area contributed by atoms with Gasteiger partial charge < -0.3 is 5.11 Å².